The molecule has 0 saturated carbocycles. The summed E-state index contributed by atoms with van der Waals surface area (Å²) in [5.41, 5.74) is 2.62. The Morgan fingerprint density at radius 2 is 1.88 bits per heavy atom. The van der Waals surface area contributed by atoms with Crippen molar-refractivity contribution in [2.45, 2.75) is 6.92 Å². The van der Waals surface area contributed by atoms with E-state index >= 15 is 0 Å². The second kappa shape index (κ2) is 10.2. The van der Waals surface area contributed by atoms with E-state index in [1.54, 1.807) is 54.6 Å². The lowest BCUT2D eigenvalue weighted by Crippen LogP contribution is -2.10. The normalized spacial score (nSPS) is 14.1. The van der Waals surface area contributed by atoms with Crippen LogP contribution in [-0.4, -0.2) is 24.9 Å². The van der Waals surface area contributed by atoms with Crippen LogP contribution >= 0.6 is 45.8 Å². The minimum absolute atomic E-state index is 0.100. The molecule has 0 saturated heterocycles. The zero-order chi connectivity index (χ0) is 24.4. The number of carbonyl (C=O) groups excluding carboxylic acids is 2. The van der Waals surface area contributed by atoms with Crippen LogP contribution in [0.2, 0.25) is 10.0 Å². The van der Waals surface area contributed by atoms with Gasteiger partial charge in [0.2, 0.25) is 5.90 Å². The Labute approximate surface area is 219 Å². The minimum atomic E-state index is -0.606. The molecule has 172 valence electrons. The predicted molar refractivity (Wildman–Crippen MR) is 139 cm³/mol. The first-order valence-corrected chi connectivity index (χ1v) is 11.7. The number of rotatable bonds is 5. The molecule has 9 heteroatoms. The molecule has 1 aliphatic heterocycles. The average Bonchev–Trinajstić information content (AvgIpc) is 3.17. The molecule has 0 aliphatic carbocycles. The lowest BCUT2D eigenvalue weighted by Gasteiger charge is -2.12. The third-order valence-corrected chi connectivity index (χ3v) is 6.33. The van der Waals surface area contributed by atoms with Crippen molar-refractivity contribution in [3.8, 4) is 11.5 Å². The van der Waals surface area contributed by atoms with Crippen LogP contribution in [0.1, 0.15) is 27.0 Å². The highest BCUT2D eigenvalue weighted by molar-refractivity contribution is 14.1. The highest BCUT2D eigenvalue weighted by Gasteiger charge is 2.25. The maximum absolute atomic E-state index is 12.6. The summed E-state index contributed by atoms with van der Waals surface area (Å²) in [6, 6.07) is 15.3. The van der Waals surface area contributed by atoms with Gasteiger partial charge in [0.1, 0.15) is 0 Å². The molecule has 0 spiro atoms. The van der Waals surface area contributed by atoms with E-state index in [-0.39, 0.29) is 17.3 Å². The van der Waals surface area contributed by atoms with E-state index in [9.17, 15) is 9.59 Å². The molecule has 0 fully saturated rings. The molecule has 34 heavy (non-hydrogen) atoms. The van der Waals surface area contributed by atoms with E-state index in [0.29, 0.717) is 36.1 Å². The summed E-state index contributed by atoms with van der Waals surface area (Å²) in [6.45, 7) is 1.90. The van der Waals surface area contributed by atoms with Crippen LogP contribution in [0.3, 0.4) is 0 Å². The van der Waals surface area contributed by atoms with E-state index in [2.05, 4.69) is 4.99 Å². The SMILES string of the molecule is COc1cc(/C=C2\N=C(c3ccc(Cl)c(Cl)c3)OC2=O)cc(I)c1OC(=O)c1cccc(C)c1. The lowest BCUT2D eigenvalue weighted by atomic mass is 10.1. The number of methoxy groups -OCH3 is 1. The summed E-state index contributed by atoms with van der Waals surface area (Å²) in [4.78, 5) is 29.3. The van der Waals surface area contributed by atoms with Gasteiger partial charge < -0.3 is 14.2 Å². The molecule has 6 nitrogen and oxygen atoms in total. The predicted octanol–water partition coefficient (Wildman–Crippen LogP) is 6.48. The van der Waals surface area contributed by atoms with Gasteiger partial charge in [-0.3, -0.25) is 0 Å². The molecule has 1 aliphatic rings. The first-order chi connectivity index (χ1) is 16.2. The number of cyclic esters (lactones) is 1. The Morgan fingerprint density at radius 3 is 2.59 bits per heavy atom. The largest absolute Gasteiger partial charge is 0.493 e. The number of hydrogen-bond acceptors (Lipinski definition) is 6. The van der Waals surface area contributed by atoms with E-state index in [0.717, 1.165) is 5.56 Å². The fourth-order valence-electron chi connectivity index (χ4n) is 3.17. The van der Waals surface area contributed by atoms with Crippen molar-refractivity contribution in [3.63, 3.8) is 0 Å². The smallest absolute Gasteiger partial charge is 0.363 e. The van der Waals surface area contributed by atoms with Crippen LogP contribution in [0, 0.1) is 10.5 Å². The molecular weight excluding hydrogens is 592 g/mol. The molecule has 0 aromatic heterocycles. The number of hydrogen-bond donors (Lipinski definition) is 0. The molecular formula is C25H16Cl2INO5. The van der Waals surface area contributed by atoms with Gasteiger partial charge in [0.05, 0.1) is 26.3 Å². The number of aliphatic imine (C=N–C) groups is 1. The molecule has 1 heterocycles. The number of nitrogens with zero attached hydrogens (tertiary/aromatic N) is 1. The summed E-state index contributed by atoms with van der Waals surface area (Å²) in [5, 5.41) is 0.710. The highest BCUT2D eigenvalue weighted by atomic mass is 127. The van der Waals surface area contributed by atoms with Crippen molar-refractivity contribution >= 4 is 69.7 Å². The fourth-order valence-corrected chi connectivity index (χ4v) is 4.20. The first-order valence-electron chi connectivity index (χ1n) is 9.89. The van der Waals surface area contributed by atoms with Crippen LogP contribution in [-0.2, 0) is 9.53 Å². The zero-order valence-corrected chi connectivity index (χ0v) is 21.6. The Kier molecular flexibility index (Phi) is 7.25. The maximum atomic E-state index is 12.6. The quantitative estimate of drug-likeness (QED) is 0.144. The molecule has 0 radical (unpaired) electrons. The molecule has 3 aromatic rings. The topological polar surface area (TPSA) is 74.2 Å². The van der Waals surface area contributed by atoms with Gasteiger partial charge in [-0.25, -0.2) is 14.6 Å². The van der Waals surface area contributed by atoms with Crippen LogP contribution < -0.4 is 9.47 Å². The number of aryl methyl sites for hydroxylation is 1. The first kappa shape index (κ1) is 24.3. The van der Waals surface area contributed by atoms with E-state index in [1.807, 2.05) is 35.6 Å². The summed E-state index contributed by atoms with van der Waals surface area (Å²) < 4.78 is 17.0. The van der Waals surface area contributed by atoms with Crippen LogP contribution in [0.25, 0.3) is 6.08 Å². The number of carbonyl (C=O) groups is 2. The highest BCUT2D eigenvalue weighted by Crippen LogP contribution is 2.36. The number of ether oxygens (including phenoxy) is 3. The third-order valence-electron chi connectivity index (χ3n) is 4.79. The Bertz CT molecular complexity index is 1380. The molecule has 0 atom stereocenters. The Balaban J connectivity index is 1.63. The number of halogens is 3. The van der Waals surface area contributed by atoms with Gasteiger partial charge in [0.25, 0.3) is 0 Å². The summed E-state index contributed by atoms with van der Waals surface area (Å²) in [6.07, 6.45) is 1.56. The average molecular weight is 608 g/mol. The molecule has 0 unspecified atom stereocenters. The fraction of sp³-hybridized carbons (Fsp3) is 0.0800. The van der Waals surface area contributed by atoms with Crippen molar-refractivity contribution in [2.75, 3.05) is 7.11 Å². The van der Waals surface area contributed by atoms with Crippen LogP contribution in [0.5, 0.6) is 11.5 Å². The summed E-state index contributed by atoms with van der Waals surface area (Å²) in [7, 11) is 1.47. The van der Waals surface area contributed by atoms with Crippen molar-refractivity contribution in [3.05, 3.63) is 96.2 Å². The zero-order valence-electron chi connectivity index (χ0n) is 17.9. The minimum Gasteiger partial charge on any atom is -0.493 e. The molecule has 0 amide bonds. The van der Waals surface area contributed by atoms with Gasteiger partial charge in [-0.15, -0.1) is 0 Å². The van der Waals surface area contributed by atoms with Crippen molar-refractivity contribution in [2.24, 2.45) is 4.99 Å². The van der Waals surface area contributed by atoms with Gasteiger partial charge in [-0.2, -0.15) is 0 Å². The second-order valence-electron chi connectivity index (χ2n) is 7.26. The molecule has 4 rings (SSSR count). The number of esters is 2. The van der Waals surface area contributed by atoms with Crippen molar-refractivity contribution in [1.82, 2.24) is 0 Å². The molecule has 0 bridgehead atoms. The van der Waals surface area contributed by atoms with Gasteiger partial charge in [-0.05, 0) is 83.6 Å². The van der Waals surface area contributed by atoms with Crippen molar-refractivity contribution < 1.29 is 23.8 Å². The Morgan fingerprint density at radius 1 is 1.09 bits per heavy atom. The van der Waals surface area contributed by atoms with Gasteiger partial charge in [0, 0.05) is 5.56 Å². The lowest BCUT2D eigenvalue weighted by molar-refractivity contribution is -0.129. The van der Waals surface area contributed by atoms with E-state index in [1.165, 1.54) is 7.11 Å². The molecule has 3 aromatic carbocycles. The third kappa shape index (κ3) is 5.27. The summed E-state index contributed by atoms with van der Waals surface area (Å²) in [5.74, 6) is -0.364. The summed E-state index contributed by atoms with van der Waals surface area (Å²) >= 11 is 14.0. The molecule has 0 N–H and O–H groups in total. The van der Waals surface area contributed by atoms with E-state index in [4.69, 9.17) is 37.4 Å². The van der Waals surface area contributed by atoms with Gasteiger partial charge >= 0.3 is 11.9 Å². The van der Waals surface area contributed by atoms with E-state index < -0.39 is 11.9 Å². The number of benzene rings is 3. The van der Waals surface area contributed by atoms with Crippen molar-refractivity contribution in [1.29, 1.82) is 0 Å². The van der Waals surface area contributed by atoms with Crippen LogP contribution in [0.4, 0.5) is 0 Å². The Hall–Kier alpha value is -2.88. The standard InChI is InChI=1S/C25H16Cl2INO5/c1-13-4-3-5-16(8-13)24(30)33-22-19(28)9-14(11-21(22)32-2)10-20-25(31)34-23(29-20)15-6-7-17(26)18(27)12-15/h3-12H,1-2H3/b20-10-. The monoisotopic (exact) mass is 607 g/mol. The van der Waals surface area contributed by atoms with Gasteiger partial charge in [-0.1, -0.05) is 40.9 Å². The second-order valence-corrected chi connectivity index (χ2v) is 9.23. The maximum Gasteiger partial charge on any atom is 0.363 e. The van der Waals surface area contributed by atoms with Crippen LogP contribution in [0.15, 0.2) is 65.3 Å². The van der Waals surface area contributed by atoms with Gasteiger partial charge in [0.15, 0.2) is 17.2 Å².